The summed E-state index contributed by atoms with van der Waals surface area (Å²) in [5.74, 6) is -0.0244. The number of nitrogens with two attached hydrogens (primary N) is 1. The third-order valence-electron chi connectivity index (χ3n) is 2.60. The maximum atomic E-state index is 12.2. The fourth-order valence-electron chi connectivity index (χ4n) is 1.68. The lowest BCUT2D eigenvalue weighted by Gasteiger charge is -2.23. The first-order chi connectivity index (χ1) is 8.86. The monoisotopic (exact) mass is 286 g/mol. The zero-order valence-corrected chi connectivity index (χ0v) is 12.5. The van der Waals surface area contributed by atoms with Gasteiger partial charge in [-0.1, -0.05) is 0 Å². The molecular weight excluding hydrogens is 264 g/mol. The fourth-order valence-corrected chi connectivity index (χ4v) is 3.04. The van der Waals surface area contributed by atoms with Gasteiger partial charge in [0.15, 0.2) is 0 Å². The van der Waals surface area contributed by atoms with Crippen LogP contribution in [0.1, 0.15) is 20.8 Å². The molecule has 0 aliphatic heterocycles. The number of nitrogens with zero attached hydrogens (tertiary/aromatic N) is 1. The Morgan fingerprint density at radius 2 is 1.84 bits per heavy atom. The summed E-state index contributed by atoms with van der Waals surface area (Å²) >= 11 is 0. The fraction of sp³-hybridized carbons (Fsp3) is 0.538. The van der Waals surface area contributed by atoms with Gasteiger partial charge in [0.05, 0.1) is 24.2 Å². The lowest BCUT2D eigenvalue weighted by molar-refractivity contribution is 0.0912. The van der Waals surface area contributed by atoms with E-state index in [0.717, 1.165) is 0 Å². The van der Waals surface area contributed by atoms with Crippen LogP contribution in [-0.2, 0) is 14.8 Å². The molecule has 0 heterocycles. The molecule has 0 unspecified atom stereocenters. The summed E-state index contributed by atoms with van der Waals surface area (Å²) in [5.41, 5.74) is 6.84. The summed E-state index contributed by atoms with van der Waals surface area (Å²) in [6.07, 6.45) is 0.0294. The molecule has 1 rings (SSSR count). The molecule has 0 saturated heterocycles. The molecule has 0 amide bonds. The smallest absolute Gasteiger partial charge is 0.237 e. The number of nitrogen functional groups attached to an aromatic ring is 1. The van der Waals surface area contributed by atoms with Gasteiger partial charge in [0.2, 0.25) is 10.0 Å². The molecule has 0 atom stereocenters. The summed E-state index contributed by atoms with van der Waals surface area (Å²) in [6, 6.07) is 6.80. The van der Waals surface area contributed by atoms with Gasteiger partial charge in [-0.2, -0.15) is 0 Å². The van der Waals surface area contributed by atoms with Crippen molar-refractivity contribution in [2.24, 2.45) is 0 Å². The van der Waals surface area contributed by atoms with Gasteiger partial charge in [-0.25, -0.2) is 8.42 Å². The van der Waals surface area contributed by atoms with Gasteiger partial charge in [-0.3, -0.25) is 4.31 Å². The van der Waals surface area contributed by atoms with Crippen molar-refractivity contribution < 1.29 is 13.2 Å². The summed E-state index contributed by atoms with van der Waals surface area (Å²) in [6.45, 7) is 6.14. The predicted octanol–water partition coefficient (Wildman–Crippen LogP) is 1.85. The highest BCUT2D eigenvalue weighted by Crippen LogP contribution is 2.19. The highest BCUT2D eigenvalue weighted by atomic mass is 32.2. The van der Waals surface area contributed by atoms with E-state index in [0.29, 0.717) is 17.9 Å². The molecule has 0 fully saturated rings. The van der Waals surface area contributed by atoms with E-state index in [4.69, 9.17) is 10.5 Å². The van der Waals surface area contributed by atoms with E-state index in [1.165, 1.54) is 4.31 Å². The van der Waals surface area contributed by atoms with Crippen molar-refractivity contribution in [3.05, 3.63) is 24.3 Å². The Balaban J connectivity index is 2.80. The number of anilines is 2. The van der Waals surface area contributed by atoms with Crippen LogP contribution >= 0.6 is 0 Å². The van der Waals surface area contributed by atoms with Crippen LogP contribution in [0, 0.1) is 0 Å². The average Bonchev–Trinajstić information content (AvgIpc) is 2.31. The number of hydrogen-bond donors (Lipinski definition) is 1. The molecule has 0 radical (unpaired) electrons. The van der Waals surface area contributed by atoms with Crippen molar-refractivity contribution in [2.45, 2.75) is 26.9 Å². The van der Waals surface area contributed by atoms with Gasteiger partial charge >= 0.3 is 0 Å². The Bertz CT molecular complexity index is 483. The molecule has 6 heteroatoms. The summed E-state index contributed by atoms with van der Waals surface area (Å²) in [7, 11) is -3.37. The summed E-state index contributed by atoms with van der Waals surface area (Å²) in [5, 5.41) is 0. The van der Waals surface area contributed by atoms with Crippen LogP contribution in [0.25, 0.3) is 0 Å². The van der Waals surface area contributed by atoms with Gasteiger partial charge in [0.1, 0.15) is 0 Å². The van der Waals surface area contributed by atoms with Crippen LogP contribution in [0.15, 0.2) is 24.3 Å². The van der Waals surface area contributed by atoms with Gasteiger partial charge in [-0.15, -0.1) is 0 Å². The van der Waals surface area contributed by atoms with Crippen LogP contribution in [0.5, 0.6) is 0 Å². The SMILES string of the molecule is CCN(c1ccc(N)cc1)S(=O)(=O)CCOC(C)C. The highest BCUT2D eigenvalue weighted by Gasteiger charge is 2.20. The maximum absolute atomic E-state index is 12.2. The van der Waals surface area contributed by atoms with Gasteiger partial charge < -0.3 is 10.5 Å². The van der Waals surface area contributed by atoms with Gasteiger partial charge in [0.25, 0.3) is 0 Å². The molecule has 2 N–H and O–H groups in total. The van der Waals surface area contributed by atoms with Crippen LogP contribution in [0.2, 0.25) is 0 Å². The molecule has 19 heavy (non-hydrogen) atoms. The van der Waals surface area contributed by atoms with Crippen molar-refractivity contribution in [2.75, 3.05) is 28.9 Å². The number of rotatable bonds is 7. The molecule has 0 aromatic heterocycles. The molecule has 5 nitrogen and oxygen atoms in total. The normalized spacial score (nSPS) is 11.8. The van der Waals surface area contributed by atoms with Crippen LogP contribution in [-0.4, -0.2) is 33.4 Å². The molecule has 0 aliphatic rings. The standard InChI is InChI=1S/C13H22N2O3S/c1-4-15(13-7-5-12(14)6-8-13)19(16,17)10-9-18-11(2)3/h5-8,11H,4,9-10,14H2,1-3H3. The quantitative estimate of drug-likeness (QED) is 0.776. The van der Waals surface area contributed by atoms with E-state index in [-0.39, 0.29) is 18.5 Å². The topological polar surface area (TPSA) is 72.6 Å². The Morgan fingerprint density at radius 1 is 1.26 bits per heavy atom. The molecule has 1 aromatic carbocycles. The zero-order valence-electron chi connectivity index (χ0n) is 11.7. The van der Waals surface area contributed by atoms with Gasteiger partial charge in [0, 0.05) is 12.2 Å². The van der Waals surface area contributed by atoms with Crippen molar-refractivity contribution in [3.8, 4) is 0 Å². The average molecular weight is 286 g/mol. The zero-order chi connectivity index (χ0) is 14.5. The van der Waals surface area contributed by atoms with Crippen LogP contribution < -0.4 is 10.0 Å². The first-order valence-electron chi connectivity index (χ1n) is 6.34. The Labute approximate surface area is 115 Å². The Morgan fingerprint density at radius 3 is 2.32 bits per heavy atom. The minimum Gasteiger partial charge on any atom is -0.399 e. The molecular formula is C13H22N2O3S. The maximum Gasteiger partial charge on any atom is 0.237 e. The number of hydrogen-bond acceptors (Lipinski definition) is 4. The van der Waals surface area contributed by atoms with E-state index in [1.807, 2.05) is 13.8 Å². The molecule has 0 bridgehead atoms. The van der Waals surface area contributed by atoms with E-state index in [2.05, 4.69) is 0 Å². The predicted molar refractivity (Wildman–Crippen MR) is 78.7 cm³/mol. The second-order valence-corrected chi connectivity index (χ2v) is 6.50. The molecule has 0 spiro atoms. The van der Waals surface area contributed by atoms with Crippen molar-refractivity contribution in [1.82, 2.24) is 0 Å². The molecule has 108 valence electrons. The third kappa shape index (κ3) is 4.72. The minimum atomic E-state index is -3.37. The third-order valence-corrected chi connectivity index (χ3v) is 4.42. The summed E-state index contributed by atoms with van der Waals surface area (Å²) < 4.78 is 31.2. The van der Waals surface area contributed by atoms with E-state index >= 15 is 0 Å². The van der Waals surface area contributed by atoms with E-state index < -0.39 is 10.0 Å². The molecule has 1 aromatic rings. The molecule has 0 saturated carbocycles. The van der Waals surface area contributed by atoms with Crippen LogP contribution in [0.3, 0.4) is 0 Å². The van der Waals surface area contributed by atoms with E-state index in [9.17, 15) is 8.42 Å². The minimum absolute atomic E-state index is 0.0244. The van der Waals surface area contributed by atoms with Crippen molar-refractivity contribution >= 4 is 21.4 Å². The van der Waals surface area contributed by atoms with Crippen molar-refractivity contribution in [3.63, 3.8) is 0 Å². The first-order valence-corrected chi connectivity index (χ1v) is 7.95. The van der Waals surface area contributed by atoms with Crippen LogP contribution in [0.4, 0.5) is 11.4 Å². The number of ether oxygens (including phenoxy) is 1. The second kappa shape index (κ2) is 6.77. The van der Waals surface area contributed by atoms with Crippen molar-refractivity contribution in [1.29, 1.82) is 0 Å². The number of benzene rings is 1. The van der Waals surface area contributed by atoms with Gasteiger partial charge in [-0.05, 0) is 45.0 Å². The number of sulfonamides is 1. The largest absolute Gasteiger partial charge is 0.399 e. The highest BCUT2D eigenvalue weighted by molar-refractivity contribution is 7.92. The first kappa shape index (κ1) is 15.8. The Kier molecular flexibility index (Phi) is 5.62. The lowest BCUT2D eigenvalue weighted by atomic mass is 10.3. The van der Waals surface area contributed by atoms with E-state index in [1.54, 1.807) is 31.2 Å². The second-order valence-electron chi connectivity index (χ2n) is 4.49. The summed E-state index contributed by atoms with van der Waals surface area (Å²) in [4.78, 5) is 0. The Hall–Kier alpha value is -1.27. The molecule has 0 aliphatic carbocycles. The lowest BCUT2D eigenvalue weighted by Crippen LogP contribution is -2.34.